The number of rotatable bonds is 5. The Kier molecular flexibility index (Phi) is 4.97. The van der Waals surface area contributed by atoms with Crippen LogP contribution >= 0.6 is 0 Å². The number of ether oxygens (including phenoxy) is 1. The highest BCUT2D eigenvalue weighted by atomic mass is 16.6. The third-order valence-corrected chi connectivity index (χ3v) is 4.79. The molecule has 7 nitrogen and oxygen atoms in total. The summed E-state index contributed by atoms with van der Waals surface area (Å²) in [7, 11) is 5.30. The average molecular weight is 356 g/mol. The van der Waals surface area contributed by atoms with Gasteiger partial charge in [0.2, 0.25) is 6.10 Å². The molecule has 0 radical (unpaired) electrons. The first-order valence-electron chi connectivity index (χ1n) is 8.52. The molecule has 1 aliphatic rings. The number of carbonyl (C=O) groups is 1. The van der Waals surface area contributed by atoms with Crippen LogP contribution in [0.25, 0.3) is 0 Å². The molecule has 1 atom stereocenters. The number of aromatic nitrogens is 2. The third-order valence-electron chi connectivity index (χ3n) is 4.79. The van der Waals surface area contributed by atoms with Gasteiger partial charge in [0, 0.05) is 43.9 Å². The van der Waals surface area contributed by atoms with Crippen LogP contribution in [0, 0.1) is 13.8 Å². The molecular formula is C19H24N4O3. The van der Waals surface area contributed by atoms with E-state index in [2.05, 4.69) is 10.3 Å². The maximum absolute atomic E-state index is 12.8. The fourth-order valence-corrected chi connectivity index (χ4v) is 3.16. The van der Waals surface area contributed by atoms with Crippen LogP contribution in [0.15, 0.2) is 29.4 Å². The van der Waals surface area contributed by atoms with Crippen molar-refractivity contribution in [1.29, 1.82) is 0 Å². The van der Waals surface area contributed by atoms with E-state index in [0.29, 0.717) is 13.0 Å². The Morgan fingerprint density at radius 1 is 1.38 bits per heavy atom. The number of benzene rings is 1. The Morgan fingerprint density at radius 3 is 2.77 bits per heavy atom. The largest absolute Gasteiger partial charge is 0.496 e. The Hall–Kier alpha value is -2.83. The Morgan fingerprint density at radius 2 is 2.12 bits per heavy atom. The molecule has 1 aromatic heterocycles. The second kappa shape index (κ2) is 7.19. The van der Waals surface area contributed by atoms with Gasteiger partial charge in [0.1, 0.15) is 5.75 Å². The quantitative estimate of drug-likeness (QED) is 0.824. The molecule has 1 aliphatic heterocycles. The lowest BCUT2D eigenvalue weighted by Gasteiger charge is -2.20. The van der Waals surface area contributed by atoms with E-state index in [1.807, 2.05) is 49.8 Å². The number of aryl methyl sites for hydroxylation is 2. The fourth-order valence-electron chi connectivity index (χ4n) is 3.16. The fraction of sp³-hybridized carbons (Fsp3) is 0.421. The summed E-state index contributed by atoms with van der Waals surface area (Å²) >= 11 is 0. The minimum Gasteiger partial charge on any atom is -0.496 e. The van der Waals surface area contributed by atoms with Gasteiger partial charge in [-0.25, -0.2) is 0 Å². The second-order valence-electron chi connectivity index (χ2n) is 6.50. The number of hydrogen-bond donors (Lipinski definition) is 0. The number of amides is 1. The average Bonchev–Trinajstić information content (AvgIpc) is 3.22. The van der Waals surface area contributed by atoms with E-state index >= 15 is 0 Å². The summed E-state index contributed by atoms with van der Waals surface area (Å²) in [6.45, 7) is 4.45. The maximum atomic E-state index is 12.8. The van der Waals surface area contributed by atoms with Crippen molar-refractivity contribution in [3.05, 3.63) is 46.8 Å². The molecule has 1 aromatic carbocycles. The number of nitrogens with zero attached hydrogens (tertiary/aromatic N) is 4. The van der Waals surface area contributed by atoms with Gasteiger partial charge in [-0.15, -0.1) is 0 Å². The highest BCUT2D eigenvalue weighted by Gasteiger charge is 2.32. The number of likely N-dealkylation sites (N-methyl/N-ethyl adjacent to an activating group) is 1. The van der Waals surface area contributed by atoms with Gasteiger partial charge >= 0.3 is 0 Å². The van der Waals surface area contributed by atoms with Crippen LogP contribution in [0.3, 0.4) is 0 Å². The molecule has 1 amide bonds. The van der Waals surface area contributed by atoms with E-state index < -0.39 is 6.10 Å². The molecule has 0 fully saturated rings. The Labute approximate surface area is 153 Å². The van der Waals surface area contributed by atoms with Crippen LogP contribution in [0.2, 0.25) is 0 Å². The molecule has 2 aromatic rings. The van der Waals surface area contributed by atoms with Crippen LogP contribution in [0.5, 0.6) is 5.75 Å². The van der Waals surface area contributed by atoms with Gasteiger partial charge in [-0.2, -0.15) is 5.10 Å². The maximum Gasteiger partial charge on any atom is 0.266 e. The first-order valence-corrected chi connectivity index (χ1v) is 8.52. The summed E-state index contributed by atoms with van der Waals surface area (Å²) in [5.74, 6) is 0.624. The Bertz CT molecular complexity index is 856. The predicted molar refractivity (Wildman–Crippen MR) is 98.2 cm³/mol. The van der Waals surface area contributed by atoms with Crippen LogP contribution in [-0.4, -0.2) is 46.6 Å². The summed E-state index contributed by atoms with van der Waals surface area (Å²) in [5, 5.41) is 8.52. The highest BCUT2D eigenvalue weighted by Crippen LogP contribution is 2.25. The standard InChI is InChI=1S/C19H24N4O3/c1-12-15(13(2)23(4)20-12)11-22(3)19(24)18-10-16(21-26-18)14-8-6-7-9-17(14)25-5/h6-9,18H,10-11H2,1-5H3. The third kappa shape index (κ3) is 3.29. The lowest BCUT2D eigenvalue weighted by atomic mass is 10.0. The van der Waals surface area contributed by atoms with Crippen LogP contribution in [-0.2, 0) is 23.2 Å². The summed E-state index contributed by atoms with van der Waals surface area (Å²) < 4.78 is 7.20. The van der Waals surface area contributed by atoms with Crippen molar-refractivity contribution in [3.63, 3.8) is 0 Å². The monoisotopic (exact) mass is 356 g/mol. The number of carbonyl (C=O) groups excluding carboxylic acids is 1. The molecule has 0 bridgehead atoms. The summed E-state index contributed by atoms with van der Waals surface area (Å²) in [6, 6.07) is 7.59. The van der Waals surface area contributed by atoms with Crippen LogP contribution < -0.4 is 4.74 Å². The van der Waals surface area contributed by atoms with E-state index in [4.69, 9.17) is 9.57 Å². The lowest BCUT2D eigenvalue weighted by molar-refractivity contribution is -0.141. The van der Waals surface area contributed by atoms with Crippen molar-refractivity contribution in [2.75, 3.05) is 14.2 Å². The van der Waals surface area contributed by atoms with Gasteiger partial charge < -0.3 is 14.5 Å². The van der Waals surface area contributed by atoms with Crippen molar-refractivity contribution in [2.24, 2.45) is 12.2 Å². The molecular weight excluding hydrogens is 332 g/mol. The summed E-state index contributed by atoms with van der Waals surface area (Å²) in [5.41, 5.74) is 4.63. The number of methoxy groups -OCH3 is 1. The molecule has 0 N–H and O–H groups in total. The second-order valence-corrected chi connectivity index (χ2v) is 6.50. The van der Waals surface area contributed by atoms with Crippen LogP contribution in [0.4, 0.5) is 0 Å². The minimum atomic E-state index is -0.614. The van der Waals surface area contributed by atoms with Gasteiger partial charge in [0.15, 0.2) is 0 Å². The van der Waals surface area contributed by atoms with Crippen molar-refractivity contribution in [1.82, 2.24) is 14.7 Å². The number of para-hydroxylation sites is 1. The topological polar surface area (TPSA) is 69.0 Å². The zero-order valence-corrected chi connectivity index (χ0v) is 15.8. The van der Waals surface area contributed by atoms with E-state index in [1.54, 1.807) is 19.1 Å². The minimum absolute atomic E-state index is 0.0960. The van der Waals surface area contributed by atoms with Gasteiger partial charge in [-0.1, -0.05) is 17.3 Å². The number of oxime groups is 1. The SMILES string of the molecule is COc1ccccc1C1=NOC(C(=O)N(C)Cc2c(C)nn(C)c2C)C1. The van der Waals surface area contributed by atoms with E-state index in [1.165, 1.54) is 0 Å². The van der Waals surface area contributed by atoms with Gasteiger partial charge in [0.25, 0.3) is 5.91 Å². The molecule has 138 valence electrons. The van der Waals surface area contributed by atoms with E-state index in [0.717, 1.165) is 34.0 Å². The first-order chi connectivity index (χ1) is 12.4. The molecule has 0 spiro atoms. The normalized spacial score (nSPS) is 16.2. The Balaban J connectivity index is 1.68. The van der Waals surface area contributed by atoms with Gasteiger partial charge in [0.05, 0.1) is 18.5 Å². The molecule has 3 rings (SSSR count). The van der Waals surface area contributed by atoms with E-state index in [-0.39, 0.29) is 5.91 Å². The molecule has 7 heteroatoms. The van der Waals surface area contributed by atoms with Crippen molar-refractivity contribution in [2.45, 2.75) is 32.9 Å². The van der Waals surface area contributed by atoms with Gasteiger partial charge in [-0.05, 0) is 26.0 Å². The molecule has 1 unspecified atom stereocenters. The smallest absolute Gasteiger partial charge is 0.266 e. The molecule has 26 heavy (non-hydrogen) atoms. The highest BCUT2D eigenvalue weighted by molar-refractivity contribution is 6.05. The van der Waals surface area contributed by atoms with E-state index in [9.17, 15) is 4.79 Å². The lowest BCUT2D eigenvalue weighted by Crippen LogP contribution is -2.36. The molecule has 0 aliphatic carbocycles. The van der Waals surface area contributed by atoms with Crippen molar-refractivity contribution >= 4 is 11.6 Å². The molecule has 2 heterocycles. The number of hydrogen-bond acceptors (Lipinski definition) is 5. The molecule has 0 saturated heterocycles. The van der Waals surface area contributed by atoms with Gasteiger partial charge in [-0.3, -0.25) is 9.48 Å². The van der Waals surface area contributed by atoms with Crippen LogP contribution in [0.1, 0.15) is 28.9 Å². The summed E-state index contributed by atoms with van der Waals surface area (Å²) in [6.07, 6.45) is -0.189. The van der Waals surface area contributed by atoms with Crippen molar-refractivity contribution < 1.29 is 14.4 Å². The summed E-state index contributed by atoms with van der Waals surface area (Å²) in [4.78, 5) is 19.9. The first kappa shape index (κ1) is 18.0. The molecule has 0 saturated carbocycles. The predicted octanol–water partition coefficient (Wildman–Crippen LogP) is 2.20. The van der Waals surface area contributed by atoms with Crippen molar-refractivity contribution in [3.8, 4) is 5.75 Å². The zero-order valence-electron chi connectivity index (χ0n) is 15.8. The zero-order chi connectivity index (χ0) is 18.8.